The minimum Gasteiger partial charge on any atom is -0.339 e. The van der Waals surface area contributed by atoms with Gasteiger partial charge in [-0.1, -0.05) is 0 Å². The van der Waals surface area contributed by atoms with E-state index in [2.05, 4.69) is 9.71 Å². The SMILES string of the molecule is Cn1cnc(S(=O)(=O)Nc2ccc(F)cc2I)c1. The fourth-order valence-corrected chi connectivity index (χ4v) is 3.16. The molecule has 0 aliphatic carbocycles. The lowest BCUT2D eigenvalue weighted by atomic mass is 10.3. The Morgan fingerprint density at radius 1 is 1.44 bits per heavy atom. The third kappa shape index (κ3) is 2.80. The summed E-state index contributed by atoms with van der Waals surface area (Å²) in [6.45, 7) is 0. The van der Waals surface area contributed by atoms with Gasteiger partial charge in [0.1, 0.15) is 5.82 Å². The van der Waals surface area contributed by atoms with Crippen LogP contribution in [0.3, 0.4) is 0 Å². The van der Waals surface area contributed by atoms with Gasteiger partial charge >= 0.3 is 0 Å². The number of nitrogens with zero attached hydrogens (tertiary/aromatic N) is 2. The minimum atomic E-state index is -3.74. The Hall–Kier alpha value is -1.16. The quantitative estimate of drug-likeness (QED) is 0.827. The Bertz CT molecular complexity index is 684. The van der Waals surface area contributed by atoms with Crippen molar-refractivity contribution in [3.8, 4) is 0 Å². The summed E-state index contributed by atoms with van der Waals surface area (Å²) in [5.74, 6) is -0.416. The topological polar surface area (TPSA) is 64.0 Å². The highest BCUT2D eigenvalue weighted by atomic mass is 127. The molecule has 96 valence electrons. The molecule has 0 fully saturated rings. The highest BCUT2D eigenvalue weighted by molar-refractivity contribution is 14.1. The van der Waals surface area contributed by atoms with Gasteiger partial charge < -0.3 is 4.57 Å². The third-order valence-corrected chi connectivity index (χ3v) is 4.27. The zero-order chi connectivity index (χ0) is 13.3. The van der Waals surface area contributed by atoms with Crippen LogP contribution in [0.15, 0.2) is 35.7 Å². The van der Waals surface area contributed by atoms with Crippen molar-refractivity contribution in [1.82, 2.24) is 9.55 Å². The molecule has 0 amide bonds. The van der Waals surface area contributed by atoms with Crippen molar-refractivity contribution in [2.24, 2.45) is 7.05 Å². The number of rotatable bonds is 3. The fraction of sp³-hybridized carbons (Fsp3) is 0.100. The number of hydrogen-bond donors (Lipinski definition) is 1. The molecular formula is C10H9FIN3O2S. The molecule has 1 heterocycles. The number of anilines is 1. The fourth-order valence-electron chi connectivity index (χ4n) is 1.30. The van der Waals surface area contributed by atoms with Crippen molar-refractivity contribution >= 4 is 38.3 Å². The maximum absolute atomic E-state index is 12.9. The van der Waals surface area contributed by atoms with Crippen LogP contribution in [0.2, 0.25) is 0 Å². The van der Waals surface area contributed by atoms with Crippen molar-refractivity contribution < 1.29 is 12.8 Å². The summed E-state index contributed by atoms with van der Waals surface area (Å²) in [5, 5.41) is -0.0786. The predicted molar refractivity (Wildman–Crippen MR) is 73.1 cm³/mol. The summed E-state index contributed by atoms with van der Waals surface area (Å²) >= 11 is 1.86. The van der Waals surface area contributed by atoms with E-state index >= 15 is 0 Å². The van der Waals surface area contributed by atoms with Crippen molar-refractivity contribution in [2.45, 2.75) is 5.03 Å². The second-order valence-electron chi connectivity index (χ2n) is 3.61. The van der Waals surface area contributed by atoms with Gasteiger partial charge in [0.25, 0.3) is 10.0 Å². The summed E-state index contributed by atoms with van der Waals surface area (Å²) in [5.41, 5.74) is 0.322. The summed E-state index contributed by atoms with van der Waals surface area (Å²) in [7, 11) is -2.06. The molecule has 18 heavy (non-hydrogen) atoms. The molecule has 8 heteroatoms. The van der Waals surface area contributed by atoms with Gasteiger partial charge in [0.2, 0.25) is 0 Å². The molecule has 0 aliphatic rings. The summed E-state index contributed by atoms with van der Waals surface area (Å²) in [6.07, 6.45) is 2.78. The van der Waals surface area contributed by atoms with E-state index < -0.39 is 15.8 Å². The normalized spacial score (nSPS) is 11.5. The Kier molecular flexibility index (Phi) is 3.57. The van der Waals surface area contributed by atoms with Gasteiger partial charge in [0.15, 0.2) is 5.03 Å². The number of aryl methyl sites for hydroxylation is 1. The number of aromatic nitrogens is 2. The van der Waals surface area contributed by atoms with Crippen LogP contribution in [-0.2, 0) is 17.1 Å². The Balaban J connectivity index is 2.33. The van der Waals surface area contributed by atoms with Crippen LogP contribution in [0.25, 0.3) is 0 Å². The molecule has 1 N–H and O–H groups in total. The summed E-state index contributed by atoms with van der Waals surface area (Å²) in [6, 6.07) is 3.81. The largest absolute Gasteiger partial charge is 0.339 e. The molecule has 2 aromatic rings. The molecule has 0 bridgehead atoms. The zero-order valence-electron chi connectivity index (χ0n) is 9.26. The highest BCUT2D eigenvalue weighted by Crippen LogP contribution is 2.21. The molecular weight excluding hydrogens is 372 g/mol. The van der Waals surface area contributed by atoms with Gasteiger partial charge in [-0.15, -0.1) is 0 Å². The van der Waals surface area contributed by atoms with Gasteiger partial charge in [0.05, 0.1) is 12.0 Å². The van der Waals surface area contributed by atoms with Crippen molar-refractivity contribution in [1.29, 1.82) is 0 Å². The second-order valence-corrected chi connectivity index (χ2v) is 6.40. The lowest BCUT2D eigenvalue weighted by molar-refractivity contribution is 0.598. The summed E-state index contributed by atoms with van der Waals surface area (Å²) in [4.78, 5) is 3.77. The first kappa shape index (κ1) is 13.3. The Labute approximate surface area is 117 Å². The lowest BCUT2D eigenvalue weighted by Gasteiger charge is -2.07. The zero-order valence-corrected chi connectivity index (χ0v) is 12.2. The highest BCUT2D eigenvalue weighted by Gasteiger charge is 2.18. The van der Waals surface area contributed by atoms with Crippen molar-refractivity contribution in [3.63, 3.8) is 0 Å². The van der Waals surface area contributed by atoms with Gasteiger partial charge in [0, 0.05) is 16.8 Å². The molecule has 0 saturated carbocycles. The van der Waals surface area contributed by atoms with Crippen LogP contribution in [0, 0.1) is 9.39 Å². The molecule has 0 unspecified atom stereocenters. The van der Waals surface area contributed by atoms with E-state index in [9.17, 15) is 12.8 Å². The van der Waals surface area contributed by atoms with Crippen LogP contribution in [0.5, 0.6) is 0 Å². The maximum Gasteiger partial charge on any atom is 0.280 e. The van der Waals surface area contributed by atoms with Crippen LogP contribution < -0.4 is 4.72 Å². The third-order valence-electron chi connectivity index (χ3n) is 2.13. The van der Waals surface area contributed by atoms with Crippen molar-refractivity contribution in [2.75, 3.05) is 4.72 Å². The van der Waals surface area contributed by atoms with Crippen LogP contribution in [-0.4, -0.2) is 18.0 Å². The van der Waals surface area contributed by atoms with E-state index in [-0.39, 0.29) is 5.03 Å². The standard InChI is InChI=1S/C10H9FIN3O2S/c1-15-5-10(13-6-15)18(16,17)14-9-3-2-7(11)4-8(9)12/h2-6,14H,1H3. The predicted octanol–water partition coefficient (Wildman–Crippen LogP) is 1.96. The van der Waals surface area contributed by atoms with E-state index in [0.29, 0.717) is 9.26 Å². The van der Waals surface area contributed by atoms with Crippen LogP contribution in [0.4, 0.5) is 10.1 Å². The molecule has 0 spiro atoms. The molecule has 0 aliphatic heterocycles. The number of nitrogens with one attached hydrogen (secondary N) is 1. The van der Waals surface area contributed by atoms with Gasteiger partial charge in [-0.05, 0) is 40.8 Å². The monoisotopic (exact) mass is 381 g/mol. The number of benzene rings is 1. The van der Waals surface area contributed by atoms with Gasteiger partial charge in [-0.25, -0.2) is 9.37 Å². The van der Waals surface area contributed by atoms with Crippen LogP contribution in [0.1, 0.15) is 0 Å². The van der Waals surface area contributed by atoms with Crippen molar-refractivity contribution in [3.05, 3.63) is 40.1 Å². The number of sulfonamides is 1. The lowest BCUT2D eigenvalue weighted by Crippen LogP contribution is -2.14. The van der Waals surface area contributed by atoms with Gasteiger partial charge in [-0.2, -0.15) is 8.42 Å². The maximum atomic E-state index is 12.9. The molecule has 1 aromatic heterocycles. The average molecular weight is 381 g/mol. The Morgan fingerprint density at radius 3 is 2.72 bits per heavy atom. The number of hydrogen-bond acceptors (Lipinski definition) is 3. The van der Waals surface area contributed by atoms with Crippen LogP contribution >= 0.6 is 22.6 Å². The first-order valence-corrected chi connectivity index (χ1v) is 7.40. The van der Waals surface area contributed by atoms with E-state index in [4.69, 9.17) is 0 Å². The molecule has 1 aromatic carbocycles. The number of imidazole rings is 1. The second kappa shape index (κ2) is 4.84. The average Bonchev–Trinajstić information content (AvgIpc) is 2.70. The Morgan fingerprint density at radius 2 is 2.17 bits per heavy atom. The van der Waals surface area contributed by atoms with E-state index in [1.54, 1.807) is 7.05 Å². The minimum absolute atomic E-state index is 0.0786. The number of halogens is 2. The summed E-state index contributed by atoms with van der Waals surface area (Å²) < 4.78 is 41.2. The molecule has 0 atom stereocenters. The first-order chi connectivity index (χ1) is 8.38. The van der Waals surface area contributed by atoms with E-state index in [1.807, 2.05) is 22.6 Å². The van der Waals surface area contributed by atoms with E-state index in [0.717, 1.165) is 0 Å². The molecule has 5 nitrogen and oxygen atoms in total. The van der Waals surface area contributed by atoms with Gasteiger partial charge in [-0.3, -0.25) is 4.72 Å². The molecule has 2 rings (SSSR count). The van der Waals surface area contributed by atoms with E-state index in [1.165, 1.54) is 35.3 Å². The molecule has 0 radical (unpaired) electrons. The first-order valence-electron chi connectivity index (χ1n) is 4.84. The smallest absolute Gasteiger partial charge is 0.280 e. The molecule has 0 saturated heterocycles.